The van der Waals surface area contributed by atoms with Gasteiger partial charge in [-0.3, -0.25) is 4.79 Å². The van der Waals surface area contributed by atoms with Crippen LogP contribution in [0.4, 0.5) is 0 Å². The second-order valence-corrected chi connectivity index (χ2v) is 4.12. The predicted octanol–water partition coefficient (Wildman–Crippen LogP) is 1.65. The fourth-order valence-electron chi connectivity index (χ4n) is 1.05. The van der Waals surface area contributed by atoms with Crippen molar-refractivity contribution < 1.29 is 9.32 Å². The molecule has 0 saturated heterocycles. The smallest absolute Gasteiger partial charge is 0.268 e. The molecule has 0 aliphatic heterocycles. The molecule has 2 heterocycles. The lowest BCUT2D eigenvalue weighted by atomic mass is 10.5. The Hall–Kier alpha value is -1.40. The van der Waals surface area contributed by atoms with E-state index >= 15 is 0 Å². The second-order valence-electron chi connectivity index (χ2n) is 2.90. The molecule has 2 aromatic heterocycles. The minimum Gasteiger partial charge on any atom is -0.348 e. The fourth-order valence-corrected chi connectivity index (χ4v) is 1.79. The van der Waals surface area contributed by atoms with Crippen LogP contribution >= 0.6 is 22.9 Å². The molecule has 0 unspecified atom stereocenters. The summed E-state index contributed by atoms with van der Waals surface area (Å²) < 4.78 is 5.04. The van der Waals surface area contributed by atoms with Crippen molar-refractivity contribution in [2.24, 2.45) is 0 Å². The molecule has 1 N–H and O–H groups in total. The quantitative estimate of drug-likeness (QED) is 0.846. The van der Waals surface area contributed by atoms with E-state index in [2.05, 4.69) is 15.5 Å². The molecule has 16 heavy (non-hydrogen) atoms. The van der Waals surface area contributed by atoms with Crippen LogP contribution in [-0.4, -0.2) is 21.9 Å². The molecule has 0 radical (unpaired) electrons. The highest BCUT2D eigenvalue weighted by atomic mass is 35.5. The van der Waals surface area contributed by atoms with Gasteiger partial charge in [-0.25, -0.2) is 0 Å². The normalized spacial score (nSPS) is 10.3. The molecule has 2 aromatic rings. The van der Waals surface area contributed by atoms with Crippen molar-refractivity contribution in [2.45, 2.75) is 6.54 Å². The molecule has 0 aromatic carbocycles. The van der Waals surface area contributed by atoms with E-state index in [4.69, 9.17) is 16.1 Å². The van der Waals surface area contributed by atoms with Gasteiger partial charge in [0.25, 0.3) is 5.89 Å². The minimum atomic E-state index is -0.260. The predicted molar refractivity (Wildman–Crippen MR) is 60.2 cm³/mol. The van der Waals surface area contributed by atoms with E-state index in [0.29, 0.717) is 11.7 Å². The van der Waals surface area contributed by atoms with E-state index in [0.717, 1.165) is 4.88 Å². The van der Waals surface area contributed by atoms with Gasteiger partial charge in [0.05, 0.1) is 11.4 Å². The van der Waals surface area contributed by atoms with Gasteiger partial charge in [0.2, 0.25) is 5.91 Å². The Bertz CT molecular complexity index is 469. The van der Waals surface area contributed by atoms with Crippen molar-refractivity contribution in [1.82, 2.24) is 15.5 Å². The van der Waals surface area contributed by atoms with Crippen molar-refractivity contribution in [2.75, 3.05) is 5.88 Å². The number of carbonyl (C=O) groups excluding carboxylic acids is 1. The number of amides is 1. The van der Waals surface area contributed by atoms with E-state index in [1.54, 1.807) is 0 Å². The third-order valence-electron chi connectivity index (χ3n) is 1.77. The Labute approximate surface area is 100 Å². The number of thiophene rings is 1. The molecule has 0 fully saturated rings. The number of nitrogens with zero attached hydrogens (tertiary/aromatic N) is 2. The van der Waals surface area contributed by atoms with Gasteiger partial charge in [0, 0.05) is 0 Å². The zero-order valence-electron chi connectivity index (χ0n) is 8.14. The van der Waals surface area contributed by atoms with Gasteiger partial charge in [-0.1, -0.05) is 11.2 Å². The number of carbonyl (C=O) groups is 1. The van der Waals surface area contributed by atoms with Gasteiger partial charge in [0.1, 0.15) is 5.88 Å². The first-order chi connectivity index (χ1) is 7.79. The molecule has 84 valence electrons. The zero-order chi connectivity index (χ0) is 11.4. The van der Waals surface area contributed by atoms with Crippen molar-refractivity contribution in [3.63, 3.8) is 0 Å². The molecule has 1 amide bonds. The Balaban J connectivity index is 2.00. The van der Waals surface area contributed by atoms with Gasteiger partial charge in [0.15, 0.2) is 5.82 Å². The Kier molecular flexibility index (Phi) is 3.53. The first kappa shape index (κ1) is 11.1. The SMILES string of the molecule is O=C(CCl)NCc1noc(-c2cccs2)n1. The Morgan fingerprint density at radius 3 is 3.19 bits per heavy atom. The molecule has 0 atom stereocenters. The summed E-state index contributed by atoms with van der Waals surface area (Å²) in [4.78, 5) is 15.9. The van der Waals surface area contributed by atoms with Crippen molar-refractivity contribution in [1.29, 1.82) is 0 Å². The third-order valence-corrected chi connectivity index (χ3v) is 2.87. The van der Waals surface area contributed by atoms with Crippen molar-refractivity contribution >= 4 is 28.8 Å². The van der Waals surface area contributed by atoms with Crippen LogP contribution < -0.4 is 5.32 Å². The van der Waals surface area contributed by atoms with Crippen LogP contribution in [0.15, 0.2) is 22.0 Å². The molecule has 2 rings (SSSR count). The molecule has 0 saturated carbocycles. The molecular weight excluding hydrogens is 250 g/mol. The number of halogens is 1. The molecule has 7 heteroatoms. The van der Waals surface area contributed by atoms with Crippen molar-refractivity contribution in [3.8, 4) is 10.8 Å². The Morgan fingerprint density at radius 2 is 2.50 bits per heavy atom. The maximum Gasteiger partial charge on any atom is 0.268 e. The van der Waals surface area contributed by atoms with Crippen LogP contribution in [0.5, 0.6) is 0 Å². The molecular formula is C9H8ClN3O2S. The first-order valence-corrected chi connectivity index (χ1v) is 5.90. The van der Waals surface area contributed by atoms with Crippen LogP contribution in [0.3, 0.4) is 0 Å². The summed E-state index contributed by atoms with van der Waals surface area (Å²) in [6, 6.07) is 3.79. The van der Waals surface area contributed by atoms with Crippen LogP contribution in [0.2, 0.25) is 0 Å². The summed E-state index contributed by atoms with van der Waals surface area (Å²) in [5, 5.41) is 8.22. The highest BCUT2D eigenvalue weighted by Gasteiger charge is 2.09. The van der Waals surface area contributed by atoms with Crippen molar-refractivity contribution in [3.05, 3.63) is 23.3 Å². The molecule has 0 aliphatic rings. The number of hydrogen-bond acceptors (Lipinski definition) is 5. The average molecular weight is 258 g/mol. The largest absolute Gasteiger partial charge is 0.348 e. The van der Waals surface area contributed by atoms with Crippen LogP contribution in [0.25, 0.3) is 10.8 Å². The van der Waals surface area contributed by atoms with Gasteiger partial charge < -0.3 is 9.84 Å². The van der Waals surface area contributed by atoms with Crippen LogP contribution in [-0.2, 0) is 11.3 Å². The number of rotatable bonds is 4. The topological polar surface area (TPSA) is 68.0 Å². The highest BCUT2D eigenvalue weighted by Crippen LogP contribution is 2.22. The summed E-state index contributed by atoms with van der Waals surface area (Å²) >= 11 is 6.84. The maximum absolute atomic E-state index is 10.9. The minimum absolute atomic E-state index is 0.0738. The lowest BCUT2D eigenvalue weighted by molar-refractivity contribution is -0.118. The summed E-state index contributed by atoms with van der Waals surface area (Å²) in [7, 11) is 0. The Morgan fingerprint density at radius 1 is 1.62 bits per heavy atom. The number of aromatic nitrogens is 2. The summed E-state index contributed by atoms with van der Waals surface area (Å²) in [6.45, 7) is 0.223. The molecule has 0 bridgehead atoms. The van der Waals surface area contributed by atoms with Gasteiger partial charge in [-0.15, -0.1) is 22.9 Å². The fraction of sp³-hybridized carbons (Fsp3) is 0.222. The van der Waals surface area contributed by atoms with E-state index in [9.17, 15) is 4.79 Å². The maximum atomic E-state index is 10.9. The lowest BCUT2D eigenvalue weighted by Gasteiger charge is -1.96. The van der Waals surface area contributed by atoms with Crippen LogP contribution in [0.1, 0.15) is 5.82 Å². The average Bonchev–Trinajstić information content (AvgIpc) is 2.95. The van der Waals surface area contributed by atoms with E-state index in [1.165, 1.54) is 11.3 Å². The lowest BCUT2D eigenvalue weighted by Crippen LogP contribution is -2.24. The number of hydrogen-bond donors (Lipinski definition) is 1. The molecule has 5 nitrogen and oxygen atoms in total. The first-order valence-electron chi connectivity index (χ1n) is 4.48. The molecule has 0 spiro atoms. The zero-order valence-corrected chi connectivity index (χ0v) is 9.72. The van der Waals surface area contributed by atoms with Gasteiger partial charge in [-0.05, 0) is 11.4 Å². The summed E-state index contributed by atoms with van der Waals surface area (Å²) in [5.41, 5.74) is 0. The summed E-state index contributed by atoms with van der Waals surface area (Å²) in [5.74, 6) is 0.562. The standard InChI is InChI=1S/C9H8ClN3O2S/c10-4-8(14)11-5-7-12-9(15-13-7)6-2-1-3-16-6/h1-3H,4-5H2,(H,11,14). The monoisotopic (exact) mass is 257 g/mol. The number of nitrogens with one attached hydrogen (secondary N) is 1. The van der Waals surface area contributed by atoms with E-state index in [-0.39, 0.29) is 18.3 Å². The second kappa shape index (κ2) is 5.09. The number of alkyl halides is 1. The molecule has 0 aliphatic carbocycles. The van der Waals surface area contributed by atoms with E-state index in [1.807, 2.05) is 17.5 Å². The highest BCUT2D eigenvalue weighted by molar-refractivity contribution is 7.13. The third kappa shape index (κ3) is 2.59. The van der Waals surface area contributed by atoms with E-state index < -0.39 is 0 Å². The summed E-state index contributed by atoms with van der Waals surface area (Å²) in [6.07, 6.45) is 0. The van der Waals surface area contributed by atoms with Crippen LogP contribution in [0, 0.1) is 0 Å². The van der Waals surface area contributed by atoms with Gasteiger partial charge in [-0.2, -0.15) is 4.98 Å². The van der Waals surface area contributed by atoms with Gasteiger partial charge >= 0.3 is 0 Å².